The van der Waals surface area contributed by atoms with E-state index in [0.717, 1.165) is 5.56 Å². The molecule has 20 heavy (non-hydrogen) atoms. The van der Waals surface area contributed by atoms with Crippen molar-refractivity contribution in [2.24, 2.45) is 0 Å². The lowest BCUT2D eigenvalue weighted by molar-refractivity contribution is -0.137. The maximum absolute atomic E-state index is 12.8. The maximum atomic E-state index is 12.8. The first kappa shape index (κ1) is 15.9. The fraction of sp³-hybridized carbons (Fsp3) is 0.429. The van der Waals surface area contributed by atoms with Crippen LogP contribution < -0.4 is 5.32 Å². The van der Waals surface area contributed by atoms with Gasteiger partial charge in [-0.2, -0.15) is 0 Å². The van der Waals surface area contributed by atoms with Gasteiger partial charge in [0.1, 0.15) is 5.82 Å². The second-order valence-corrected chi connectivity index (χ2v) is 4.70. The number of hydrogen-bond acceptors (Lipinski definition) is 2. The molecule has 1 aromatic rings. The number of aliphatic carboxylic acids is 1. The molecule has 1 atom stereocenters. The number of carboxylic acid groups (broad SMARTS) is 1. The molecule has 1 unspecified atom stereocenters. The van der Waals surface area contributed by atoms with Gasteiger partial charge in [-0.1, -0.05) is 19.1 Å². The molecule has 0 radical (unpaired) electrons. The zero-order valence-corrected chi connectivity index (χ0v) is 11.6. The number of urea groups is 1. The third-order valence-corrected chi connectivity index (χ3v) is 3.01. The van der Waals surface area contributed by atoms with E-state index in [1.165, 1.54) is 17.0 Å². The zero-order valence-electron chi connectivity index (χ0n) is 11.6. The predicted octanol–water partition coefficient (Wildman–Crippen LogP) is 2.05. The number of carbonyl (C=O) groups is 2. The summed E-state index contributed by atoms with van der Waals surface area (Å²) >= 11 is 0. The summed E-state index contributed by atoms with van der Waals surface area (Å²) < 4.78 is 12.8. The summed E-state index contributed by atoms with van der Waals surface area (Å²) in [6.45, 7) is 2.48. The number of rotatable bonds is 6. The van der Waals surface area contributed by atoms with Gasteiger partial charge in [-0.3, -0.25) is 4.79 Å². The molecule has 0 saturated carbocycles. The number of nitrogens with zero attached hydrogens (tertiary/aromatic N) is 1. The van der Waals surface area contributed by atoms with Crippen LogP contribution in [0.2, 0.25) is 0 Å². The molecule has 0 bridgehead atoms. The van der Waals surface area contributed by atoms with E-state index < -0.39 is 5.97 Å². The van der Waals surface area contributed by atoms with Crippen LogP contribution in [0.1, 0.15) is 24.8 Å². The van der Waals surface area contributed by atoms with Crippen LogP contribution in [0.5, 0.6) is 0 Å². The highest BCUT2D eigenvalue weighted by molar-refractivity contribution is 5.75. The molecule has 0 aromatic heterocycles. The summed E-state index contributed by atoms with van der Waals surface area (Å²) in [5.74, 6) is -1.19. The van der Waals surface area contributed by atoms with Crippen LogP contribution >= 0.6 is 0 Å². The largest absolute Gasteiger partial charge is 0.481 e. The fourth-order valence-corrected chi connectivity index (χ4v) is 1.65. The van der Waals surface area contributed by atoms with Crippen molar-refractivity contribution in [2.75, 3.05) is 20.1 Å². The van der Waals surface area contributed by atoms with Crippen molar-refractivity contribution in [3.63, 3.8) is 0 Å². The number of carbonyl (C=O) groups excluding carboxylic acids is 1. The third kappa shape index (κ3) is 5.26. The summed E-state index contributed by atoms with van der Waals surface area (Å²) in [4.78, 5) is 23.4. The molecule has 0 aliphatic heterocycles. The Bertz CT molecular complexity index is 462. The number of hydrogen-bond donors (Lipinski definition) is 2. The van der Waals surface area contributed by atoms with Gasteiger partial charge >= 0.3 is 12.0 Å². The Morgan fingerprint density at radius 3 is 2.50 bits per heavy atom. The first-order valence-corrected chi connectivity index (χ1v) is 6.36. The Labute approximate surface area is 117 Å². The minimum Gasteiger partial charge on any atom is -0.481 e. The third-order valence-electron chi connectivity index (χ3n) is 3.01. The summed E-state index contributed by atoms with van der Waals surface area (Å²) in [7, 11) is 1.54. The standard InChI is InChI=1S/C14H19FN2O3/c1-10(11-3-5-12(15)6-4-11)9-16-14(20)17(2)8-7-13(18)19/h3-6,10H,7-9H2,1-2H3,(H,16,20)(H,18,19). The lowest BCUT2D eigenvalue weighted by Gasteiger charge is -2.19. The molecule has 2 amide bonds. The van der Waals surface area contributed by atoms with Crippen molar-refractivity contribution in [1.29, 1.82) is 0 Å². The van der Waals surface area contributed by atoms with E-state index in [0.29, 0.717) is 6.54 Å². The van der Waals surface area contributed by atoms with Crippen molar-refractivity contribution in [2.45, 2.75) is 19.3 Å². The van der Waals surface area contributed by atoms with Crippen molar-refractivity contribution in [1.82, 2.24) is 10.2 Å². The quantitative estimate of drug-likeness (QED) is 0.839. The highest BCUT2D eigenvalue weighted by Crippen LogP contribution is 2.14. The van der Waals surface area contributed by atoms with E-state index in [1.807, 2.05) is 6.92 Å². The van der Waals surface area contributed by atoms with Crippen LogP contribution in [0.15, 0.2) is 24.3 Å². The molecule has 5 nitrogen and oxygen atoms in total. The van der Waals surface area contributed by atoms with Gasteiger partial charge in [0.2, 0.25) is 0 Å². The minimum absolute atomic E-state index is 0.0485. The lowest BCUT2D eigenvalue weighted by Crippen LogP contribution is -2.39. The number of nitrogens with one attached hydrogen (secondary N) is 1. The molecule has 1 rings (SSSR count). The first-order valence-electron chi connectivity index (χ1n) is 6.36. The second kappa shape index (κ2) is 7.47. The van der Waals surface area contributed by atoms with Crippen LogP contribution in [-0.4, -0.2) is 42.1 Å². The molecule has 1 aromatic carbocycles. The van der Waals surface area contributed by atoms with Gasteiger partial charge in [-0.05, 0) is 23.6 Å². The predicted molar refractivity (Wildman–Crippen MR) is 73.1 cm³/mol. The smallest absolute Gasteiger partial charge is 0.317 e. The van der Waals surface area contributed by atoms with Gasteiger partial charge in [0.05, 0.1) is 6.42 Å². The van der Waals surface area contributed by atoms with E-state index in [1.54, 1.807) is 19.2 Å². The summed E-state index contributed by atoms with van der Waals surface area (Å²) in [6, 6.07) is 5.81. The molecule has 6 heteroatoms. The molecule has 0 heterocycles. The average molecular weight is 282 g/mol. The lowest BCUT2D eigenvalue weighted by atomic mass is 10.0. The molecule has 0 saturated heterocycles. The Kier molecular flexibility index (Phi) is 5.96. The molecule has 110 valence electrons. The SMILES string of the molecule is CC(CNC(=O)N(C)CCC(=O)O)c1ccc(F)cc1. The van der Waals surface area contributed by atoms with Crippen LogP contribution in [0.4, 0.5) is 9.18 Å². The molecule has 2 N–H and O–H groups in total. The normalized spacial score (nSPS) is 11.8. The molecule has 0 fully saturated rings. The molecule has 0 aliphatic rings. The molecular weight excluding hydrogens is 263 g/mol. The second-order valence-electron chi connectivity index (χ2n) is 4.70. The van der Waals surface area contributed by atoms with E-state index in [9.17, 15) is 14.0 Å². The van der Waals surface area contributed by atoms with Crippen LogP contribution in [0.25, 0.3) is 0 Å². The minimum atomic E-state index is -0.940. The van der Waals surface area contributed by atoms with Crippen LogP contribution in [0, 0.1) is 5.82 Å². The van der Waals surface area contributed by atoms with E-state index in [4.69, 9.17) is 5.11 Å². The Morgan fingerprint density at radius 2 is 1.95 bits per heavy atom. The molecular formula is C14H19FN2O3. The zero-order chi connectivity index (χ0) is 15.1. The van der Waals surface area contributed by atoms with Gasteiger partial charge in [-0.25, -0.2) is 9.18 Å². The molecule has 0 spiro atoms. The summed E-state index contributed by atoms with van der Waals surface area (Å²) in [5, 5.41) is 11.3. The number of carboxylic acids is 1. The van der Waals surface area contributed by atoms with Gasteiger partial charge in [0, 0.05) is 20.1 Å². The highest BCUT2D eigenvalue weighted by Gasteiger charge is 2.12. The number of amides is 2. The first-order chi connectivity index (χ1) is 9.40. The Balaban J connectivity index is 2.40. The van der Waals surface area contributed by atoms with Crippen molar-refractivity contribution in [3.8, 4) is 0 Å². The van der Waals surface area contributed by atoms with Crippen LogP contribution in [0.3, 0.4) is 0 Å². The topological polar surface area (TPSA) is 69.6 Å². The maximum Gasteiger partial charge on any atom is 0.317 e. The van der Waals surface area contributed by atoms with Crippen LogP contribution in [-0.2, 0) is 4.79 Å². The fourth-order valence-electron chi connectivity index (χ4n) is 1.65. The van der Waals surface area contributed by atoms with E-state index in [2.05, 4.69) is 5.32 Å². The number of halogens is 1. The van der Waals surface area contributed by atoms with Gasteiger partial charge in [0.25, 0.3) is 0 Å². The number of benzene rings is 1. The van der Waals surface area contributed by atoms with E-state index in [-0.39, 0.29) is 30.7 Å². The average Bonchev–Trinajstić information content (AvgIpc) is 2.42. The van der Waals surface area contributed by atoms with Gasteiger partial charge in [-0.15, -0.1) is 0 Å². The Hall–Kier alpha value is -2.11. The van der Waals surface area contributed by atoms with Crippen molar-refractivity contribution in [3.05, 3.63) is 35.6 Å². The van der Waals surface area contributed by atoms with Crippen molar-refractivity contribution < 1.29 is 19.1 Å². The van der Waals surface area contributed by atoms with E-state index >= 15 is 0 Å². The van der Waals surface area contributed by atoms with Crippen molar-refractivity contribution >= 4 is 12.0 Å². The van der Waals surface area contributed by atoms with Gasteiger partial charge in [0.15, 0.2) is 0 Å². The molecule has 0 aliphatic carbocycles. The highest BCUT2D eigenvalue weighted by atomic mass is 19.1. The summed E-state index contributed by atoms with van der Waals surface area (Å²) in [6.07, 6.45) is -0.0859. The van der Waals surface area contributed by atoms with Gasteiger partial charge < -0.3 is 15.3 Å². The summed E-state index contributed by atoms with van der Waals surface area (Å²) in [5.41, 5.74) is 0.930. The Morgan fingerprint density at radius 1 is 1.35 bits per heavy atom. The monoisotopic (exact) mass is 282 g/mol.